The van der Waals surface area contributed by atoms with Gasteiger partial charge in [-0.15, -0.1) is 0 Å². The van der Waals surface area contributed by atoms with E-state index >= 15 is 0 Å². The molecule has 0 radical (unpaired) electrons. The predicted molar refractivity (Wildman–Crippen MR) is 92.5 cm³/mol. The highest BCUT2D eigenvalue weighted by Gasteiger charge is 2.19. The number of fused-ring (bicyclic) bond motifs is 1. The van der Waals surface area contributed by atoms with Crippen LogP contribution in [0.15, 0.2) is 40.9 Å². The van der Waals surface area contributed by atoms with Gasteiger partial charge in [0.15, 0.2) is 5.82 Å². The number of anilines is 3. The fourth-order valence-corrected chi connectivity index (χ4v) is 2.98. The standard InChI is InChI=1S/C18H19N5O/c1-12-9-16(20-17-10-13(2)24-22-17)21-18(19-12)23-8-7-14-5-3-4-6-15(14)11-23/h3-6,9-10H,7-8,11H2,1-2H3,(H,19,20,21,22). The molecule has 0 fully saturated rings. The molecule has 6 heteroatoms. The maximum absolute atomic E-state index is 5.09. The lowest BCUT2D eigenvalue weighted by Gasteiger charge is -2.29. The van der Waals surface area contributed by atoms with Gasteiger partial charge in [-0.2, -0.15) is 4.98 Å². The van der Waals surface area contributed by atoms with E-state index in [-0.39, 0.29) is 0 Å². The second kappa shape index (κ2) is 5.96. The second-order valence-electron chi connectivity index (χ2n) is 6.08. The van der Waals surface area contributed by atoms with E-state index in [1.54, 1.807) is 0 Å². The van der Waals surface area contributed by atoms with Gasteiger partial charge in [0, 0.05) is 30.9 Å². The first kappa shape index (κ1) is 14.7. The molecular weight excluding hydrogens is 302 g/mol. The highest BCUT2D eigenvalue weighted by atomic mass is 16.5. The number of aromatic nitrogens is 3. The Morgan fingerprint density at radius 3 is 2.67 bits per heavy atom. The van der Waals surface area contributed by atoms with Gasteiger partial charge in [0.1, 0.15) is 11.6 Å². The normalized spacial score (nSPS) is 13.7. The van der Waals surface area contributed by atoms with Gasteiger partial charge >= 0.3 is 0 Å². The number of hydrogen-bond acceptors (Lipinski definition) is 6. The van der Waals surface area contributed by atoms with Crippen molar-refractivity contribution < 1.29 is 4.52 Å². The third-order valence-corrected chi connectivity index (χ3v) is 4.14. The molecule has 1 aliphatic heterocycles. The topological polar surface area (TPSA) is 67.1 Å². The van der Waals surface area contributed by atoms with Gasteiger partial charge in [0.25, 0.3) is 0 Å². The minimum atomic E-state index is 0.653. The fraction of sp³-hybridized carbons (Fsp3) is 0.278. The number of benzene rings is 1. The summed E-state index contributed by atoms with van der Waals surface area (Å²) in [6.45, 7) is 5.59. The quantitative estimate of drug-likeness (QED) is 0.797. The lowest BCUT2D eigenvalue weighted by Crippen LogP contribution is -2.32. The van der Waals surface area contributed by atoms with Crippen LogP contribution in [0.25, 0.3) is 0 Å². The van der Waals surface area contributed by atoms with E-state index in [0.717, 1.165) is 42.7 Å². The molecular formula is C18H19N5O. The number of rotatable bonds is 3. The zero-order valence-corrected chi connectivity index (χ0v) is 13.8. The lowest BCUT2D eigenvalue weighted by molar-refractivity contribution is 0.400. The molecule has 0 aliphatic carbocycles. The Kier molecular flexibility index (Phi) is 3.65. The molecule has 2 aromatic heterocycles. The summed E-state index contributed by atoms with van der Waals surface area (Å²) in [6, 6.07) is 12.3. The van der Waals surface area contributed by atoms with E-state index in [4.69, 9.17) is 4.52 Å². The SMILES string of the molecule is Cc1cc(Nc2cc(C)on2)nc(N2CCc3ccccc3C2)n1. The maximum Gasteiger partial charge on any atom is 0.227 e. The molecule has 0 amide bonds. The first-order valence-corrected chi connectivity index (χ1v) is 8.05. The smallest absolute Gasteiger partial charge is 0.227 e. The summed E-state index contributed by atoms with van der Waals surface area (Å²) in [5.41, 5.74) is 3.68. The molecule has 0 saturated heterocycles. The van der Waals surface area contributed by atoms with Crippen molar-refractivity contribution in [3.05, 3.63) is 59.0 Å². The van der Waals surface area contributed by atoms with Crippen molar-refractivity contribution in [1.29, 1.82) is 0 Å². The van der Waals surface area contributed by atoms with Crippen molar-refractivity contribution in [2.45, 2.75) is 26.8 Å². The number of aryl methyl sites for hydroxylation is 2. The van der Waals surface area contributed by atoms with Crippen molar-refractivity contribution in [3.8, 4) is 0 Å². The molecule has 3 aromatic rings. The average Bonchev–Trinajstić information content (AvgIpc) is 2.98. The maximum atomic E-state index is 5.09. The molecule has 1 N–H and O–H groups in total. The molecule has 0 atom stereocenters. The third-order valence-electron chi connectivity index (χ3n) is 4.14. The molecule has 0 unspecified atom stereocenters. The van der Waals surface area contributed by atoms with E-state index < -0.39 is 0 Å². The summed E-state index contributed by atoms with van der Waals surface area (Å²) < 4.78 is 5.09. The monoisotopic (exact) mass is 321 g/mol. The number of nitrogens with zero attached hydrogens (tertiary/aromatic N) is 4. The summed E-state index contributed by atoms with van der Waals surface area (Å²) in [6.07, 6.45) is 1.01. The third kappa shape index (κ3) is 2.95. The molecule has 1 aliphatic rings. The van der Waals surface area contributed by atoms with Crippen molar-refractivity contribution >= 4 is 17.6 Å². The van der Waals surface area contributed by atoms with Gasteiger partial charge in [0.2, 0.25) is 5.95 Å². The van der Waals surface area contributed by atoms with E-state index in [2.05, 4.69) is 49.6 Å². The molecule has 4 rings (SSSR count). The first-order chi connectivity index (χ1) is 11.7. The minimum absolute atomic E-state index is 0.653. The van der Waals surface area contributed by atoms with Crippen molar-refractivity contribution in [1.82, 2.24) is 15.1 Å². The number of hydrogen-bond donors (Lipinski definition) is 1. The number of nitrogens with one attached hydrogen (secondary N) is 1. The molecule has 0 bridgehead atoms. The highest BCUT2D eigenvalue weighted by molar-refractivity contribution is 5.54. The lowest BCUT2D eigenvalue weighted by atomic mass is 10.0. The Morgan fingerprint density at radius 1 is 1.04 bits per heavy atom. The van der Waals surface area contributed by atoms with Gasteiger partial charge in [-0.25, -0.2) is 4.98 Å². The molecule has 1 aromatic carbocycles. The minimum Gasteiger partial charge on any atom is -0.360 e. The van der Waals surface area contributed by atoms with E-state index in [1.165, 1.54) is 11.1 Å². The van der Waals surface area contributed by atoms with Crippen LogP contribution < -0.4 is 10.2 Å². The van der Waals surface area contributed by atoms with Crippen LogP contribution in [0.4, 0.5) is 17.6 Å². The van der Waals surface area contributed by atoms with Crippen LogP contribution in [0.3, 0.4) is 0 Å². The molecule has 6 nitrogen and oxygen atoms in total. The Morgan fingerprint density at radius 2 is 1.88 bits per heavy atom. The predicted octanol–water partition coefficient (Wildman–Crippen LogP) is 3.39. The van der Waals surface area contributed by atoms with Crippen LogP contribution in [-0.4, -0.2) is 21.7 Å². The van der Waals surface area contributed by atoms with Crippen molar-refractivity contribution in [2.75, 3.05) is 16.8 Å². The Balaban J connectivity index is 1.60. The van der Waals surface area contributed by atoms with Crippen LogP contribution in [0.5, 0.6) is 0 Å². The van der Waals surface area contributed by atoms with Crippen LogP contribution >= 0.6 is 0 Å². The molecule has 3 heterocycles. The summed E-state index contributed by atoms with van der Waals surface area (Å²) in [5.74, 6) is 2.88. The van der Waals surface area contributed by atoms with Gasteiger partial charge in [0.05, 0.1) is 0 Å². The summed E-state index contributed by atoms with van der Waals surface area (Å²) in [7, 11) is 0. The fourth-order valence-electron chi connectivity index (χ4n) is 2.98. The van der Waals surface area contributed by atoms with E-state index in [1.807, 2.05) is 26.0 Å². The summed E-state index contributed by atoms with van der Waals surface area (Å²) >= 11 is 0. The van der Waals surface area contributed by atoms with Crippen LogP contribution in [0.2, 0.25) is 0 Å². The Labute approximate surface area is 140 Å². The van der Waals surface area contributed by atoms with Crippen LogP contribution in [-0.2, 0) is 13.0 Å². The van der Waals surface area contributed by atoms with Crippen molar-refractivity contribution in [2.24, 2.45) is 0 Å². The zero-order chi connectivity index (χ0) is 16.5. The Bertz CT molecular complexity index is 873. The molecule has 0 saturated carbocycles. The summed E-state index contributed by atoms with van der Waals surface area (Å²) in [5, 5.41) is 7.13. The summed E-state index contributed by atoms with van der Waals surface area (Å²) in [4.78, 5) is 11.5. The largest absolute Gasteiger partial charge is 0.360 e. The zero-order valence-electron chi connectivity index (χ0n) is 13.8. The molecule has 0 spiro atoms. The average molecular weight is 321 g/mol. The van der Waals surface area contributed by atoms with Gasteiger partial charge < -0.3 is 14.7 Å². The second-order valence-corrected chi connectivity index (χ2v) is 6.08. The van der Waals surface area contributed by atoms with Crippen LogP contribution in [0, 0.1) is 13.8 Å². The molecule has 24 heavy (non-hydrogen) atoms. The highest BCUT2D eigenvalue weighted by Crippen LogP contribution is 2.24. The van der Waals surface area contributed by atoms with Gasteiger partial charge in [-0.3, -0.25) is 0 Å². The van der Waals surface area contributed by atoms with Crippen molar-refractivity contribution in [3.63, 3.8) is 0 Å². The van der Waals surface area contributed by atoms with Gasteiger partial charge in [-0.1, -0.05) is 29.4 Å². The van der Waals surface area contributed by atoms with Crippen LogP contribution in [0.1, 0.15) is 22.6 Å². The Hall–Kier alpha value is -2.89. The van der Waals surface area contributed by atoms with Gasteiger partial charge in [-0.05, 0) is 31.4 Å². The van der Waals surface area contributed by atoms with E-state index in [0.29, 0.717) is 5.82 Å². The first-order valence-electron chi connectivity index (χ1n) is 8.05. The van der Waals surface area contributed by atoms with E-state index in [9.17, 15) is 0 Å². The molecule has 122 valence electrons.